The van der Waals surface area contributed by atoms with Gasteiger partial charge < -0.3 is 15.4 Å². The number of nitrogens with one attached hydrogen (secondary N) is 2. The van der Waals surface area contributed by atoms with E-state index in [1.165, 1.54) is 30.2 Å². The molecule has 1 atom stereocenters. The molecule has 1 aliphatic rings. The molecule has 0 aromatic heterocycles. The Bertz CT molecular complexity index is 959. The highest BCUT2D eigenvalue weighted by Gasteiger charge is 2.16. The maximum atomic E-state index is 12.5. The van der Waals surface area contributed by atoms with Crippen molar-refractivity contribution in [3.8, 4) is 11.8 Å². The summed E-state index contributed by atoms with van der Waals surface area (Å²) in [4.78, 5) is 12.5. The largest absolute Gasteiger partial charge is 0.496 e. The van der Waals surface area contributed by atoms with Crippen molar-refractivity contribution in [3.05, 3.63) is 76.5 Å². The van der Waals surface area contributed by atoms with Crippen LogP contribution >= 0.6 is 0 Å². The Labute approximate surface area is 178 Å². The molecule has 2 aromatic carbocycles. The lowest BCUT2D eigenvalue weighted by Gasteiger charge is -2.20. The smallest absolute Gasteiger partial charge is 0.263 e. The molecule has 5 nitrogen and oxygen atoms in total. The molecule has 2 N–H and O–H groups in total. The van der Waals surface area contributed by atoms with E-state index in [2.05, 4.69) is 28.8 Å². The number of rotatable bonds is 8. The minimum atomic E-state index is -0.368. The van der Waals surface area contributed by atoms with Gasteiger partial charge in [-0.2, -0.15) is 5.26 Å². The molecule has 1 aliphatic carbocycles. The summed E-state index contributed by atoms with van der Waals surface area (Å²) in [6.07, 6.45) is 6.93. The maximum absolute atomic E-state index is 12.5. The van der Waals surface area contributed by atoms with Gasteiger partial charge in [0.2, 0.25) is 0 Å². The number of hydrogen-bond donors (Lipinski definition) is 2. The van der Waals surface area contributed by atoms with Crippen LogP contribution in [-0.4, -0.2) is 19.6 Å². The van der Waals surface area contributed by atoms with E-state index >= 15 is 0 Å². The van der Waals surface area contributed by atoms with Crippen molar-refractivity contribution in [2.75, 3.05) is 13.7 Å². The second kappa shape index (κ2) is 10.5. The Kier molecular flexibility index (Phi) is 7.51. The van der Waals surface area contributed by atoms with Crippen LogP contribution in [-0.2, 0) is 24.1 Å². The Hall–Kier alpha value is -3.26. The highest BCUT2D eigenvalue weighted by atomic mass is 16.5. The van der Waals surface area contributed by atoms with Gasteiger partial charge in [0.25, 0.3) is 5.91 Å². The molecule has 156 valence electrons. The number of ether oxygens (including phenoxy) is 1. The molecular formula is C25H29N3O2. The van der Waals surface area contributed by atoms with Gasteiger partial charge >= 0.3 is 0 Å². The van der Waals surface area contributed by atoms with Crippen molar-refractivity contribution >= 4 is 5.91 Å². The standard InChI is InChI=1S/C25H29N3O2/c1-18(21-12-11-19-7-3-4-9-22(19)15-21)28-25(29)23(16-26)17-27-14-13-20-8-5-6-10-24(20)30-2/h5-6,8,10-12,15,17-18,27H,3-4,7,9,13-14H2,1-2H3,(H,28,29)/b23-17-. The second-order valence-corrected chi connectivity index (χ2v) is 7.62. The lowest BCUT2D eigenvalue weighted by atomic mass is 9.89. The zero-order valence-electron chi connectivity index (χ0n) is 17.7. The van der Waals surface area contributed by atoms with Gasteiger partial charge in [-0.25, -0.2) is 0 Å². The minimum absolute atomic E-state index is 0.0693. The van der Waals surface area contributed by atoms with Crippen LogP contribution < -0.4 is 15.4 Å². The van der Waals surface area contributed by atoms with E-state index < -0.39 is 0 Å². The summed E-state index contributed by atoms with van der Waals surface area (Å²) in [6, 6.07) is 16.1. The molecule has 0 radical (unpaired) electrons. The lowest BCUT2D eigenvalue weighted by molar-refractivity contribution is -0.117. The fraction of sp³-hybridized carbons (Fsp3) is 0.360. The van der Waals surface area contributed by atoms with E-state index in [0.717, 1.165) is 36.1 Å². The molecular weight excluding hydrogens is 374 g/mol. The zero-order chi connectivity index (χ0) is 21.3. The summed E-state index contributed by atoms with van der Waals surface area (Å²) in [5, 5.41) is 15.4. The number of para-hydroxylation sites is 1. The van der Waals surface area contributed by atoms with Gasteiger partial charge in [-0.1, -0.05) is 36.4 Å². The van der Waals surface area contributed by atoms with Gasteiger partial charge in [-0.15, -0.1) is 0 Å². The number of amides is 1. The first-order chi connectivity index (χ1) is 14.6. The van der Waals surface area contributed by atoms with Gasteiger partial charge in [0.1, 0.15) is 17.4 Å². The number of carbonyl (C=O) groups is 1. The topological polar surface area (TPSA) is 74.1 Å². The van der Waals surface area contributed by atoms with Gasteiger partial charge in [-0.05, 0) is 67.3 Å². The predicted molar refractivity (Wildman–Crippen MR) is 118 cm³/mol. The van der Waals surface area contributed by atoms with Crippen molar-refractivity contribution in [2.45, 2.75) is 45.1 Å². The lowest BCUT2D eigenvalue weighted by Crippen LogP contribution is -2.29. The molecule has 0 saturated heterocycles. The SMILES string of the molecule is COc1ccccc1CCN/C=C(/C#N)C(=O)NC(C)c1ccc2c(c1)CCCC2. The number of aryl methyl sites for hydroxylation is 2. The summed E-state index contributed by atoms with van der Waals surface area (Å²) in [7, 11) is 1.65. The summed E-state index contributed by atoms with van der Waals surface area (Å²) in [6.45, 7) is 2.55. The molecule has 5 heteroatoms. The van der Waals surface area contributed by atoms with Crippen LogP contribution in [0.2, 0.25) is 0 Å². The van der Waals surface area contributed by atoms with Crippen LogP contribution in [0.1, 0.15) is 48.1 Å². The number of methoxy groups -OCH3 is 1. The van der Waals surface area contributed by atoms with E-state index in [1.807, 2.05) is 37.3 Å². The Morgan fingerprint density at radius 1 is 1.20 bits per heavy atom. The first-order valence-corrected chi connectivity index (χ1v) is 10.5. The quantitative estimate of drug-likeness (QED) is 0.397. The molecule has 1 amide bonds. The molecule has 0 spiro atoms. The summed E-state index contributed by atoms with van der Waals surface area (Å²) >= 11 is 0. The van der Waals surface area contributed by atoms with Crippen LogP contribution in [0.25, 0.3) is 0 Å². The summed E-state index contributed by atoms with van der Waals surface area (Å²) < 4.78 is 5.34. The molecule has 3 rings (SSSR count). The van der Waals surface area contributed by atoms with Gasteiger partial charge in [0.05, 0.1) is 13.2 Å². The van der Waals surface area contributed by atoms with Crippen LogP contribution in [0.4, 0.5) is 0 Å². The highest BCUT2D eigenvalue weighted by molar-refractivity contribution is 5.97. The van der Waals surface area contributed by atoms with Crippen molar-refractivity contribution in [3.63, 3.8) is 0 Å². The Morgan fingerprint density at radius 3 is 2.73 bits per heavy atom. The zero-order valence-corrected chi connectivity index (χ0v) is 17.7. The Morgan fingerprint density at radius 2 is 1.97 bits per heavy atom. The molecule has 0 bridgehead atoms. The third kappa shape index (κ3) is 5.42. The second-order valence-electron chi connectivity index (χ2n) is 7.62. The van der Waals surface area contributed by atoms with Gasteiger partial charge in [0.15, 0.2) is 0 Å². The molecule has 2 aromatic rings. The average Bonchev–Trinajstić information content (AvgIpc) is 2.78. The van der Waals surface area contributed by atoms with Crippen molar-refractivity contribution in [2.24, 2.45) is 0 Å². The molecule has 0 fully saturated rings. The number of nitriles is 1. The summed E-state index contributed by atoms with van der Waals surface area (Å²) in [5.41, 5.74) is 5.02. The van der Waals surface area contributed by atoms with Crippen LogP contribution in [0.3, 0.4) is 0 Å². The van der Waals surface area contributed by atoms with E-state index in [-0.39, 0.29) is 17.5 Å². The predicted octanol–water partition coefficient (Wildman–Crippen LogP) is 3.99. The fourth-order valence-electron chi connectivity index (χ4n) is 3.82. The molecule has 1 unspecified atom stereocenters. The van der Waals surface area contributed by atoms with Gasteiger partial charge in [0, 0.05) is 12.7 Å². The van der Waals surface area contributed by atoms with E-state index in [1.54, 1.807) is 7.11 Å². The van der Waals surface area contributed by atoms with E-state index in [0.29, 0.717) is 6.54 Å². The number of benzene rings is 2. The molecule has 30 heavy (non-hydrogen) atoms. The van der Waals surface area contributed by atoms with Crippen molar-refractivity contribution < 1.29 is 9.53 Å². The molecule has 0 aliphatic heterocycles. The van der Waals surface area contributed by atoms with Crippen LogP contribution in [0, 0.1) is 11.3 Å². The first-order valence-electron chi connectivity index (χ1n) is 10.5. The monoisotopic (exact) mass is 403 g/mol. The van der Waals surface area contributed by atoms with Crippen LogP contribution in [0.5, 0.6) is 5.75 Å². The van der Waals surface area contributed by atoms with E-state index in [9.17, 15) is 10.1 Å². The molecule has 0 heterocycles. The Balaban J connectivity index is 1.55. The maximum Gasteiger partial charge on any atom is 0.263 e. The van der Waals surface area contributed by atoms with Crippen molar-refractivity contribution in [1.29, 1.82) is 5.26 Å². The average molecular weight is 404 g/mol. The highest BCUT2D eigenvalue weighted by Crippen LogP contribution is 2.25. The fourth-order valence-corrected chi connectivity index (χ4v) is 3.82. The number of fused-ring (bicyclic) bond motifs is 1. The third-order valence-electron chi connectivity index (χ3n) is 5.56. The third-order valence-corrected chi connectivity index (χ3v) is 5.56. The number of carbonyl (C=O) groups excluding carboxylic acids is 1. The number of nitrogens with zero attached hydrogens (tertiary/aromatic N) is 1. The van der Waals surface area contributed by atoms with Crippen LogP contribution in [0.15, 0.2) is 54.2 Å². The van der Waals surface area contributed by atoms with Crippen molar-refractivity contribution in [1.82, 2.24) is 10.6 Å². The first kappa shape index (κ1) is 21.4. The minimum Gasteiger partial charge on any atom is -0.496 e. The normalized spacial score (nSPS) is 14.2. The van der Waals surface area contributed by atoms with Gasteiger partial charge in [-0.3, -0.25) is 4.79 Å². The summed E-state index contributed by atoms with van der Waals surface area (Å²) in [5.74, 6) is 0.466. The van der Waals surface area contributed by atoms with E-state index in [4.69, 9.17) is 4.74 Å². The number of hydrogen-bond acceptors (Lipinski definition) is 4. The molecule has 0 saturated carbocycles.